The Morgan fingerprint density at radius 1 is 1.23 bits per heavy atom. The zero-order valence-corrected chi connectivity index (χ0v) is 21.2. The van der Waals surface area contributed by atoms with E-state index in [0.29, 0.717) is 25.2 Å². The Balaban J connectivity index is 1.31. The molecule has 0 bridgehead atoms. The second-order valence-electron chi connectivity index (χ2n) is 8.51. The summed E-state index contributed by atoms with van der Waals surface area (Å²) >= 11 is 3.21. The van der Waals surface area contributed by atoms with Crippen LogP contribution in [0.4, 0.5) is 10.2 Å². The van der Waals surface area contributed by atoms with E-state index >= 15 is 0 Å². The molecule has 5 rings (SSSR count). The third-order valence-corrected chi connectivity index (χ3v) is 8.02. The van der Waals surface area contributed by atoms with Crippen molar-refractivity contribution in [3.8, 4) is 10.4 Å². The Morgan fingerprint density at radius 2 is 2.06 bits per heavy atom. The van der Waals surface area contributed by atoms with Gasteiger partial charge in [-0.15, -0.1) is 23.1 Å². The molecule has 0 unspecified atom stereocenters. The standard InChI is InChI=1S/C26H26FN5OS2/c1-16-3-6-18(11-21(16)27)23-12-20-24(30-15-31-26(20)35-23)32-10-9-28-22(14-32)25(33)29-13-17-4-7-19(34-2)8-5-17/h3-8,11-12,15,22,28H,9-10,13-14H2,1-2H3,(H,29,33)/t22-/m0/s1. The van der Waals surface area contributed by atoms with Gasteiger partial charge in [0.2, 0.25) is 5.91 Å². The molecule has 3 heterocycles. The minimum Gasteiger partial charge on any atom is -0.353 e. The van der Waals surface area contributed by atoms with Crippen molar-refractivity contribution in [3.05, 3.63) is 71.8 Å². The van der Waals surface area contributed by atoms with Crippen LogP contribution in [0.3, 0.4) is 0 Å². The highest BCUT2D eigenvalue weighted by Gasteiger charge is 2.27. The number of hydrogen-bond acceptors (Lipinski definition) is 7. The number of aromatic nitrogens is 2. The van der Waals surface area contributed by atoms with E-state index in [1.54, 1.807) is 37.1 Å². The molecule has 1 aliphatic heterocycles. The number of rotatable bonds is 6. The van der Waals surface area contributed by atoms with Crippen molar-refractivity contribution in [1.82, 2.24) is 20.6 Å². The van der Waals surface area contributed by atoms with Gasteiger partial charge in [-0.1, -0.05) is 24.3 Å². The third-order valence-electron chi connectivity index (χ3n) is 6.18. The van der Waals surface area contributed by atoms with Crippen LogP contribution in [0, 0.1) is 12.7 Å². The van der Waals surface area contributed by atoms with E-state index in [4.69, 9.17) is 0 Å². The molecule has 1 atom stereocenters. The minimum absolute atomic E-state index is 0.0323. The molecular formula is C26H26FN5OS2. The lowest BCUT2D eigenvalue weighted by Gasteiger charge is -2.34. The number of thiophene rings is 1. The van der Waals surface area contributed by atoms with Crippen molar-refractivity contribution >= 4 is 45.0 Å². The first-order valence-electron chi connectivity index (χ1n) is 11.4. The number of fused-ring (bicyclic) bond motifs is 1. The number of benzene rings is 2. The number of halogens is 1. The number of nitrogens with one attached hydrogen (secondary N) is 2. The summed E-state index contributed by atoms with van der Waals surface area (Å²) in [6, 6.07) is 15.2. The molecule has 2 aromatic heterocycles. The summed E-state index contributed by atoms with van der Waals surface area (Å²) in [6.07, 6.45) is 3.60. The maximum Gasteiger partial charge on any atom is 0.239 e. The van der Waals surface area contributed by atoms with Gasteiger partial charge < -0.3 is 15.5 Å². The molecule has 35 heavy (non-hydrogen) atoms. The predicted molar refractivity (Wildman–Crippen MR) is 142 cm³/mol. The fourth-order valence-corrected chi connectivity index (χ4v) is 5.56. The topological polar surface area (TPSA) is 70.2 Å². The Labute approximate surface area is 212 Å². The largest absolute Gasteiger partial charge is 0.353 e. The van der Waals surface area contributed by atoms with Crippen molar-refractivity contribution < 1.29 is 9.18 Å². The molecule has 2 N–H and O–H groups in total. The minimum atomic E-state index is -0.344. The predicted octanol–water partition coefficient (Wildman–Crippen LogP) is 4.62. The number of thioether (sulfide) groups is 1. The molecule has 6 nitrogen and oxygen atoms in total. The fraction of sp³-hybridized carbons (Fsp3) is 0.269. The quantitative estimate of drug-likeness (QED) is 0.371. The number of aryl methyl sites for hydroxylation is 1. The van der Waals surface area contributed by atoms with Crippen LogP contribution in [0.15, 0.2) is 59.8 Å². The maximum atomic E-state index is 14.1. The van der Waals surface area contributed by atoms with E-state index in [1.165, 1.54) is 16.2 Å². The lowest BCUT2D eigenvalue weighted by Crippen LogP contribution is -2.57. The number of amides is 1. The van der Waals surface area contributed by atoms with Gasteiger partial charge in [-0.25, -0.2) is 14.4 Å². The van der Waals surface area contributed by atoms with Crippen LogP contribution in [-0.4, -0.2) is 47.8 Å². The van der Waals surface area contributed by atoms with Crippen LogP contribution >= 0.6 is 23.1 Å². The molecule has 0 radical (unpaired) electrons. The van der Waals surface area contributed by atoms with Crippen LogP contribution in [0.1, 0.15) is 11.1 Å². The third kappa shape index (κ3) is 5.17. The van der Waals surface area contributed by atoms with Crippen LogP contribution in [0.2, 0.25) is 0 Å². The first kappa shape index (κ1) is 23.7. The highest BCUT2D eigenvalue weighted by atomic mass is 32.2. The molecule has 0 saturated carbocycles. The Bertz CT molecular complexity index is 1360. The number of carbonyl (C=O) groups is 1. The van der Waals surface area contributed by atoms with E-state index in [-0.39, 0.29) is 17.8 Å². The molecule has 1 aliphatic rings. The second-order valence-corrected chi connectivity index (χ2v) is 10.4. The van der Waals surface area contributed by atoms with Gasteiger partial charge in [-0.3, -0.25) is 4.79 Å². The van der Waals surface area contributed by atoms with Gasteiger partial charge in [-0.2, -0.15) is 0 Å². The first-order chi connectivity index (χ1) is 17.0. The molecule has 1 fully saturated rings. The number of carbonyl (C=O) groups excluding carboxylic acids is 1. The van der Waals surface area contributed by atoms with Gasteiger partial charge in [0.05, 0.1) is 5.39 Å². The highest BCUT2D eigenvalue weighted by Crippen LogP contribution is 2.36. The monoisotopic (exact) mass is 507 g/mol. The second kappa shape index (κ2) is 10.3. The molecular weight excluding hydrogens is 481 g/mol. The van der Waals surface area contributed by atoms with E-state index in [2.05, 4.69) is 37.6 Å². The average molecular weight is 508 g/mol. The lowest BCUT2D eigenvalue weighted by atomic mass is 10.1. The average Bonchev–Trinajstić information content (AvgIpc) is 3.34. The van der Waals surface area contributed by atoms with Crippen molar-refractivity contribution in [2.45, 2.75) is 24.4 Å². The van der Waals surface area contributed by atoms with E-state index in [1.807, 2.05) is 30.5 Å². The number of hydrogen-bond donors (Lipinski definition) is 2. The van der Waals surface area contributed by atoms with Crippen LogP contribution < -0.4 is 15.5 Å². The molecule has 180 valence electrons. The molecule has 2 aromatic carbocycles. The van der Waals surface area contributed by atoms with E-state index in [0.717, 1.165) is 38.6 Å². The number of anilines is 1. The molecule has 1 amide bonds. The van der Waals surface area contributed by atoms with Crippen molar-refractivity contribution in [2.75, 3.05) is 30.8 Å². The highest BCUT2D eigenvalue weighted by molar-refractivity contribution is 7.98. The summed E-state index contributed by atoms with van der Waals surface area (Å²) in [5.41, 5.74) is 2.52. The maximum absolute atomic E-state index is 14.1. The first-order valence-corrected chi connectivity index (χ1v) is 13.5. The van der Waals surface area contributed by atoms with Crippen LogP contribution in [-0.2, 0) is 11.3 Å². The Morgan fingerprint density at radius 3 is 2.83 bits per heavy atom. The van der Waals surface area contributed by atoms with Crippen molar-refractivity contribution in [2.24, 2.45) is 0 Å². The smallest absolute Gasteiger partial charge is 0.239 e. The number of piperazine rings is 1. The summed E-state index contributed by atoms with van der Waals surface area (Å²) < 4.78 is 14.1. The zero-order chi connectivity index (χ0) is 24.4. The van der Waals surface area contributed by atoms with E-state index in [9.17, 15) is 9.18 Å². The van der Waals surface area contributed by atoms with Gasteiger partial charge in [0.25, 0.3) is 0 Å². The Hall–Kier alpha value is -3.01. The zero-order valence-electron chi connectivity index (χ0n) is 19.5. The van der Waals surface area contributed by atoms with Crippen molar-refractivity contribution in [3.63, 3.8) is 0 Å². The van der Waals surface area contributed by atoms with Gasteiger partial charge >= 0.3 is 0 Å². The summed E-state index contributed by atoms with van der Waals surface area (Å²) in [7, 11) is 0. The summed E-state index contributed by atoms with van der Waals surface area (Å²) in [5.74, 6) is 0.550. The lowest BCUT2D eigenvalue weighted by molar-refractivity contribution is -0.123. The van der Waals surface area contributed by atoms with Gasteiger partial charge in [-0.05, 0) is 54.1 Å². The Kier molecular flexibility index (Phi) is 6.99. The van der Waals surface area contributed by atoms with E-state index < -0.39 is 0 Å². The molecule has 4 aromatic rings. The van der Waals surface area contributed by atoms with Gasteiger partial charge in [0.15, 0.2) is 0 Å². The van der Waals surface area contributed by atoms with Gasteiger partial charge in [0, 0.05) is 36.0 Å². The number of nitrogens with zero attached hydrogens (tertiary/aromatic N) is 3. The van der Waals surface area contributed by atoms with Crippen LogP contribution in [0.25, 0.3) is 20.7 Å². The normalized spacial score (nSPS) is 16.0. The summed E-state index contributed by atoms with van der Waals surface area (Å²) in [4.78, 5) is 27.0. The molecule has 9 heteroatoms. The SMILES string of the molecule is CSc1ccc(CNC(=O)[C@@H]2CN(c3ncnc4sc(-c5ccc(C)c(F)c5)cc34)CCN2)cc1. The molecule has 0 spiro atoms. The summed E-state index contributed by atoms with van der Waals surface area (Å²) in [5, 5.41) is 7.29. The molecule has 1 saturated heterocycles. The van der Waals surface area contributed by atoms with Crippen LogP contribution in [0.5, 0.6) is 0 Å². The molecule has 0 aliphatic carbocycles. The van der Waals surface area contributed by atoms with Crippen molar-refractivity contribution in [1.29, 1.82) is 0 Å². The van der Waals surface area contributed by atoms with Gasteiger partial charge in [0.1, 0.15) is 28.8 Å². The fourth-order valence-electron chi connectivity index (χ4n) is 4.16. The summed E-state index contributed by atoms with van der Waals surface area (Å²) in [6.45, 7) is 4.16.